The Bertz CT molecular complexity index is 890. The Kier molecular flexibility index (Phi) is 6.18. The molecule has 5 nitrogen and oxygen atoms in total. The van der Waals surface area contributed by atoms with Crippen molar-refractivity contribution in [3.05, 3.63) is 70.2 Å². The van der Waals surface area contributed by atoms with Crippen LogP contribution in [0.4, 0.5) is 4.79 Å². The molecule has 2 amide bonds. The van der Waals surface area contributed by atoms with Crippen molar-refractivity contribution >= 4 is 23.6 Å². The summed E-state index contributed by atoms with van der Waals surface area (Å²) in [5.41, 5.74) is 2.41. The number of hydrogen-bond donors (Lipinski definition) is 2. The van der Waals surface area contributed by atoms with Crippen molar-refractivity contribution < 1.29 is 14.3 Å². The molecule has 0 aromatic heterocycles. The quantitative estimate of drug-likeness (QED) is 0.758. The molecule has 2 aromatic carbocycles. The molecule has 6 heteroatoms. The van der Waals surface area contributed by atoms with E-state index < -0.39 is 11.7 Å². The molecule has 154 valence electrons. The Morgan fingerprint density at radius 1 is 1.07 bits per heavy atom. The predicted octanol–water partition coefficient (Wildman–Crippen LogP) is 4.75. The molecule has 0 spiro atoms. The number of halogens is 1. The molecule has 0 radical (unpaired) electrons. The summed E-state index contributed by atoms with van der Waals surface area (Å²) in [6, 6.07) is 14.6. The fraction of sp³-hybridized carbons (Fsp3) is 0.391. The number of carbonyl (C=O) groups excluding carboxylic acids is 2. The normalized spacial score (nSPS) is 19.2. The van der Waals surface area contributed by atoms with Crippen LogP contribution in [-0.4, -0.2) is 23.6 Å². The van der Waals surface area contributed by atoms with Crippen molar-refractivity contribution in [1.29, 1.82) is 0 Å². The summed E-state index contributed by atoms with van der Waals surface area (Å²) < 4.78 is 5.42. The SMILES string of the molecule is CC(C(=O)N[C@H]1Cc2ccccc2[C@@H]1NC(=O)OC(C)(C)C)c1ccc(Cl)cc1. The van der Waals surface area contributed by atoms with Crippen LogP contribution < -0.4 is 10.6 Å². The van der Waals surface area contributed by atoms with Gasteiger partial charge in [-0.3, -0.25) is 4.79 Å². The second-order valence-corrected chi connectivity index (χ2v) is 8.85. The molecule has 0 aliphatic heterocycles. The summed E-state index contributed by atoms with van der Waals surface area (Å²) in [6.45, 7) is 7.32. The van der Waals surface area contributed by atoms with Crippen LogP contribution in [0.1, 0.15) is 56.3 Å². The summed E-state index contributed by atoms with van der Waals surface area (Å²) in [6.07, 6.45) is 0.152. The average Bonchev–Trinajstić information content (AvgIpc) is 2.97. The van der Waals surface area contributed by atoms with Gasteiger partial charge in [0.15, 0.2) is 0 Å². The van der Waals surface area contributed by atoms with Crippen LogP contribution in [0.3, 0.4) is 0 Å². The molecule has 1 aliphatic carbocycles. The fourth-order valence-electron chi connectivity index (χ4n) is 3.55. The summed E-state index contributed by atoms with van der Waals surface area (Å²) in [5, 5.41) is 6.69. The van der Waals surface area contributed by atoms with E-state index in [0.717, 1.165) is 16.7 Å². The molecule has 0 bridgehead atoms. The van der Waals surface area contributed by atoms with Crippen LogP contribution in [0.2, 0.25) is 5.02 Å². The number of amides is 2. The van der Waals surface area contributed by atoms with Crippen molar-refractivity contribution in [2.75, 3.05) is 0 Å². The summed E-state index contributed by atoms with van der Waals surface area (Å²) in [4.78, 5) is 25.3. The van der Waals surface area contributed by atoms with Crippen LogP contribution in [0.5, 0.6) is 0 Å². The third-order valence-corrected chi connectivity index (χ3v) is 5.25. The molecule has 2 N–H and O–H groups in total. The first-order valence-corrected chi connectivity index (χ1v) is 10.1. The Balaban J connectivity index is 1.75. The lowest BCUT2D eigenvalue weighted by Gasteiger charge is -2.26. The van der Waals surface area contributed by atoms with Crippen molar-refractivity contribution in [2.45, 2.75) is 57.7 Å². The number of carbonyl (C=O) groups is 2. The number of fused-ring (bicyclic) bond motifs is 1. The first kappa shape index (κ1) is 21.2. The van der Waals surface area contributed by atoms with Gasteiger partial charge < -0.3 is 15.4 Å². The molecule has 3 atom stereocenters. The maximum atomic E-state index is 12.9. The minimum atomic E-state index is -0.593. The molecular formula is C23H27ClN2O3. The highest BCUT2D eigenvalue weighted by molar-refractivity contribution is 6.30. The van der Waals surface area contributed by atoms with E-state index in [9.17, 15) is 9.59 Å². The minimum Gasteiger partial charge on any atom is -0.444 e. The number of benzene rings is 2. The van der Waals surface area contributed by atoms with E-state index in [2.05, 4.69) is 10.6 Å². The van der Waals surface area contributed by atoms with Crippen LogP contribution in [0.25, 0.3) is 0 Å². The number of ether oxygens (including phenoxy) is 1. The topological polar surface area (TPSA) is 67.4 Å². The van der Waals surface area contributed by atoms with Crippen molar-refractivity contribution in [2.24, 2.45) is 0 Å². The monoisotopic (exact) mass is 414 g/mol. The summed E-state index contributed by atoms with van der Waals surface area (Å²) in [5.74, 6) is -0.431. The van der Waals surface area contributed by atoms with Gasteiger partial charge in [-0.2, -0.15) is 0 Å². The first-order chi connectivity index (χ1) is 13.6. The summed E-state index contributed by atoms with van der Waals surface area (Å²) >= 11 is 5.95. The van der Waals surface area contributed by atoms with Gasteiger partial charge in [-0.1, -0.05) is 48.0 Å². The van der Waals surface area contributed by atoms with E-state index >= 15 is 0 Å². The Morgan fingerprint density at radius 2 is 1.72 bits per heavy atom. The van der Waals surface area contributed by atoms with Crippen LogP contribution in [0, 0.1) is 0 Å². The lowest BCUT2D eigenvalue weighted by molar-refractivity contribution is -0.123. The van der Waals surface area contributed by atoms with E-state index in [0.29, 0.717) is 11.4 Å². The lowest BCUT2D eigenvalue weighted by atomic mass is 9.99. The summed E-state index contributed by atoms with van der Waals surface area (Å²) in [7, 11) is 0. The molecule has 0 heterocycles. The van der Waals surface area contributed by atoms with E-state index in [1.165, 1.54) is 0 Å². The molecular weight excluding hydrogens is 388 g/mol. The van der Waals surface area contributed by atoms with Crippen molar-refractivity contribution in [1.82, 2.24) is 10.6 Å². The zero-order chi connectivity index (χ0) is 21.2. The fourth-order valence-corrected chi connectivity index (χ4v) is 3.68. The molecule has 3 rings (SSSR count). The number of hydrogen-bond acceptors (Lipinski definition) is 3. The van der Waals surface area contributed by atoms with Crippen LogP contribution in [-0.2, 0) is 16.0 Å². The zero-order valence-electron chi connectivity index (χ0n) is 17.2. The molecule has 2 aromatic rings. The minimum absolute atomic E-state index is 0.0962. The number of rotatable bonds is 4. The molecule has 0 saturated heterocycles. The predicted molar refractivity (Wildman–Crippen MR) is 114 cm³/mol. The second-order valence-electron chi connectivity index (χ2n) is 8.42. The molecule has 0 saturated carbocycles. The highest BCUT2D eigenvalue weighted by atomic mass is 35.5. The third-order valence-electron chi connectivity index (χ3n) is 5.00. The number of alkyl carbamates (subject to hydrolysis) is 1. The third kappa shape index (κ3) is 5.30. The zero-order valence-corrected chi connectivity index (χ0v) is 17.9. The van der Waals surface area contributed by atoms with Crippen molar-refractivity contribution in [3.63, 3.8) is 0 Å². The largest absolute Gasteiger partial charge is 0.444 e. The average molecular weight is 415 g/mol. The van der Waals surface area contributed by atoms with Gasteiger partial charge in [-0.05, 0) is 62.9 Å². The van der Waals surface area contributed by atoms with Gasteiger partial charge in [0.1, 0.15) is 5.60 Å². The lowest BCUT2D eigenvalue weighted by Crippen LogP contribution is -2.46. The van der Waals surface area contributed by atoms with Gasteiger partial charge >= 0.3 is 6.09 Å². The van der Waals surface area contributed by atoms with Gasteiger partial charge in [0, 0.05) is 5.02 Å². The molecule has 1 aliphatic rings. The van der Waals surface area contributed by atoms with Gasteiger partial charge in [0.25, 0.3) is 0 Å². The maximum Gasteiger partial charge on any atom is 0.408 e. The smallest absolute Gasteiger partial charge is 0.408 e. The van der Waals surface area contributed by atoms with Gasteiger partial charge in [-0.15, -0.1) is 0 Å². The standard InChI is InChI=1S/C23H27ClN2O3/c1-14(15-9-11-17(24)12-10-15)21(27)25-19-13-16-7-5-6-8-18(16)20(19)26-22(28)29-23(2,3)4/h5-12,14,19-20H,13H2,1-4H3,(H,25,27)(H,26,28)/t14?,19-,20-/m0/s1. The Morgan fingerprint density at radius 3 is 2.38 bits per heavy atom. The van der Waals surface area contributed by atoms with E-state index in [-0.39, 0.29) is 23.9 Å². The first-order valence-electron chi connectivity index (χ1n) is 9.77. The highest BCUT2D eigenvalue weighted by Gasteiger charge is 2.36. The van der Waals surface area contributed by atoms with Crippen molar-refractivity contribution in [3.8, 4) is 0 Å². The highest BCUT2D eigenvalue weighted by Crippen LogP contribution is 2.32. The van der Waals surface area contributed by atoms with E-state index in [4.69, 9.17) is 16.3 Å². The van der Waals surface area contributed by atoms with Gasteiger partial charge in [-0.25, -0.2) is 4.79 Å². The molecule has 29 heavy (non-hydrogen) atoms. The molecule has 1 unspecified atom stereocenters. The van der Waals surface area contributed by atoms with Crippen LogP contribution in [0.15, 0.2) is 48.5 Å². The Labute approximate surface area is 176 Å². The second kappa shape index (κ2) is 8.46. The number of nitrogens with one attached hydrogen (secondary N) is 2. The molecule has 0 fully saturated rings. The van der Waals surface area contributed by atoms with Gasteiger partial charge in [0.05, 0.1) is 18.0 Å². The Hall–Kier alpha value is -2.53. The maximum absolute atomic E-state index is 12.9. The van der Waals surface area contributed by atoms with Crippen LogP contribution >= 0.6 is 11.6 Å². The van der Waals surface area contributed by atoms with E-state index in [1.807, 2.05) is 64.1 Å². The van der Waals surface area contributed by atoms with Gasteiger partial charge in [0.2, 0.25) is 5.91 Å². The van der Waals surface area contributed by atoms with E-state index in [1.54, 1.807) is 12.1 Å².